The molecule has 0 unspecified atom stereocenters. The van der Waals surface area contributed by atoms with E-state index in [1.807, 2.05) is 19.9 Å². The van der Waals surface area contributed by atoms with E-state index in [0.29, 0.717) is 11.3 Å². The number of pyridine rings is 1. The van der Waals surface area contributed by atoms with Crippen molar-refractivity contribution in [3.05, 3.63) is 24.0 Å². The van der Waals surface area contributed by atoms with Gasteiger partial charge in [-0.05, 0) is 32.8 Å². The second kappa shape index (κ2) is 5.98. The molecule has 0 atom stereocenters. The van der Waals surface area contributed by atoms with Crippen LogP contribution in [0, 0.1) is 5.92 Å². The summed E-state index contributed by atoms with van der Waals surface area (Å²) in [5, 5.41) is 0. The monoisotopic (exact) mass is 247 g/mol. The molecule has 0 bridgehead atoms. The van der Waals surface area contributed by atoms with Crippen LogP contribution in [-0.4, -0.2) is 16.9 Å². The molecule has 1 fully saturated rings. The molecule has 98 valence electrons. The molecule has 3 heteroatoms. The highest BCUT2D eigenvalue weighted by Gasteiger charge is 2.22. The van der Waals surface area contributed by atoms with Gasteiger partial charge in [-0.3, -0.25) is 9.78 Å². The molecule has 0 amide bonds. The number of carbonyl (C=O) groups excluding carboxylic acids is 1. The van der Waals surface area contributed by atoms with E-state index < -0.39 is 0 Å². The van der Waals surface area contributed by atoms with Gasteiger partial charge >= 0.3 is 0 Å². The Morgan fingerprint density at radius 1 is 1.28 bits per heavy atom. The first-order valence-electron chi connectivity index (χ1n) is 6.82. The van der Waals surface area contributed by atoms with Gasteiger partial charge in [-0.2, -0.15) is 0 Å². The maximum absolute atomic E-state index is 12.3. The minimum atomic E-state index is 0.104. The van der Waals surface area contributed by atoms with Gasteiger partial charge in [0.15, 0.2) is 5.78 Å². The van der Waals surface area contributed by atoms with Gasteiger partial charge in [0.25, 0.3) is 0 Å². The fourth-order valence-corrected chi connectivity index (χ4v) is 2.49. The third-order valence-corrected chi connectivity index (χ3v) is 3.35. The fraction of sp³-hybridized carbons (Fsp3) is 0.600. The van der Waals surface area contributed by atoms with E-state index in [1.54, 1.807) is 12.4 Å². The summed E-state index contributed by atoms with van der Waals surface area (Å²) in [6.45, 7) is 3.94. The van der Waals surface area contributed by atoms with Crippen molar-refractivity contribution in [3.8, 4) is 5.75 Å². The van der Waals surface area contributed by atoms with Crippen LogP contribution in [0.2, 0.25) is 0 Å². The van der Waals surface area contributed by atoms with Gasteiger partial charge in [-0.1, -0.05) is 19.3 Å². The lowest BCUT2D eigenvalue weighted by Crippen LogP contribution is -2.18. The highest BCUT2D eigenvalue weighted by Crippen LogP contribution is 2.27. The lowest BCUT2D eigenvalue weighted by molar-refractivity contribution is 0.0888. The number of rotatable bonds is 4. The Bertz CT molecular complexity index is 409. The molecule has 0 N–H and O–H groups in total. The third-order valence-electron chi connectivity index (χ3n) is 3.35. The predicted molar refractivity (Wildman–Crippen MR) is 70.9 cm³/mol. The average Bonchev–Trinajstić information content (AvgIpc) is 2.38. The maximum Gasteiger partial charge on any atom is 0.167 e. The van der Waals surface area contributed by atoms with Crippen LogP contribution in [0.5, 0.6) is 5.75 Å². The first-order chi connectivity index (χ1) is 8.66. The van der Waals surface area contributed by atoms with Crippen molar-refractivity contribution < 1.29 is 9.53 Å². The lowest BCUT2D eigenvalue weighted by Gasteiger charge is -2.20. The quantitative estimate of drug-likeness (QED) is 0.763. The SMILES string of the molecule is CC(C)Oc1cncc(C(=O)C2CCCCC2)c1. The molecule has 1 aromatic heterocycles. The highest BCUT2D eigenvalue weighted by atomic mass is 16.5. The van der Waals surface area contributed by atoms with E-state index in [2.05, 4.69) is 4.98 Å². The Labute approximate surface area is 109 Å². The highest BCUT2D eigenvalue weighted by molar-refractivity contribution is 5.97. The molecule has 1 aliphatic carbocycles. The number of ketones is 1. The van der Waals surface area contributed by atoms with Crippen molar-refractivity contribution in [3.63, 3.8) is 0 Å². The van der Waals surface area contributed by atoms with Crippen LogP contribution < -0.4 is 4.74 Å². The zero-order chi connectivity index (χ0) is 13.0. The van der Waals surface area contributed by atoms with Gasteiger partial charge < -0.3 is 4.74 Å². The van der Waals surface area contributed by atoms with Crippen molar-refractivity contribution in [1.82, 2.24) is 4.98 Å². The molecular weight excluding hydrogens is 226 g/mol. The largest absolute Gasteiger partial charge is 0.489 e. The first kappa shape index (κ1) is 13.1. The molecule has 1 aliphatic rings. The fourth-order valence-electron chi connectivity index (χ4n) is 2.49. The molecule has 1 saturated carbocycles. The second-order valence-corrected chi connectivity index (χ2v) is 5.28. The summed E-state index contributed by atoms with van der Waals surface area (Å²) in [6, 6.07) is 1.82. The molecule has 0 spiro atoms. The Kier molecular flexibility index (Phi) is 4.34. The minimum Gasteiger partial charge on any atom is -0.489 e. The normalized spacial score (nSPS) is 16.8. The lowest BCUT2D eigenvalue weighted by atomic mass is 9.84. The summed E-state index contributed by atoms with van der Waals surface area (Å²) in [6.07, 6.45) is 9.08. The Morgan fingerprint density at radius 2 is 2.00 bits per heavy atom. The zero-order valence-corrected chi connectivity index (χ0v) is 11.2. The van der Waals surface area contributed by atoms with Crippen LogP contribution in [0.1, 0.15) is 56.3 Å². The molecule has 1 heterocycles. The number of ether oxygens (including phenoxy) is 1. The van der Waals surface area contributed by atoms with E-state index in [9.17, 15) is 4.79 Å². The number of Topliss-reactive ketones (excluding diaryl/α,β-unsaturated/α-hetero) is 1. The van der Waals surface area contributed by atoms with Crippen molar-refractivity contribution in [2.45, 2.75) is 52.1 Å². The number of aromatic nitrogens is 1. The van der Waals surface area contributed by atoms with Gasteiger partial charge in [0, 0.05) is 17.7 Å². The molecule has 3 nitrogen and oxygen atoms in total. The van der Waals surface area contributed by atoms with Crippen molar-refractivity contribution in [1.29, 1.82) is 0 Å². The van der Waals surface area contributed by atoms with E-state index in [1.165, 1.54) is 19.3 Å². The topological polar surface area (TPSA) is 39.2 Å². The van der Waals surface area contributed by atoms with E-state index >= 15 is 0 Å². The van der Waals surface area contributed by atoms with Gasteiger partial charge in [0.2, 0.25) is 0 Å². The molecule has 0 aromatic carbocycles. The molecule has 0 radical (unpaired) electrons. The predicted octanol–water partition coefficient (Wildman–Crippen LogP) is 3.63. The maximum atomic E-state index is 12.3. The number of carbonyl (C=O) groups is 1. The van der Waals surface area contributed by atoms with Gasteiger partial charge in [0.05, 0.1) is 12.3 Å². The van der Waals surface area contributed by atoms with E-state index in [4.69, 9.17) is 4.74 Å². The molecule has 2 rings (SSSR count). The van der Waals surface area contributed by atoms with Crippen LogP contribution in [-0.2, 0) is 0 Å². The number of hydrogen-bond donors (Lipinski definition) is 0. The second-order valence-electron chi connectivity index (χ2n) is 5.28. The van der Waals surface area contributed by atoms with Crippen LogP contribution in [0.15, 0.2) is 18.5 Å². The van der Waals surface area contributed by atoms with Crippen molar-refractivity contribution in [2.24, 2.45) is 5.92 Å². The molecular formula is C15H21NO2. The average molecular weight is 247 g/mol. The third kappa shape index (κ3) is 3.31. The zero-order valence-electron chi connectivity index (χ0n) is 11.2. The summed E-state index contributed by atoms with van der Waals surface area (Å²) in [4.78, 5) is 16.4. The van der Waals surface area contributed by atoms with Gasteiger partial charge in [-0.25, -0.2) is 0 Å². The van der Waals surface area contributed by atoms with Crippen molar-refractivity contribution in [2.75, 3.05) is 0 Å². The summed E-state index contributed by atoms with van der Waals surface area (Å²) in [5.41, 5.74) is 0.694. The number of nitrogens with zero attached hydrogens (tertiary/aromatic N) is 1. The summed E-state index contributed by atoms with van der Waals surface area (Å²) >= 11 is 0. The Hall–Kier alpha value is -1.38. The van der Waals surface area contributed by atoms with Crippen molar-refractivity contribution >= 4 is 5.78 Å². The van der Waals surface area contributed by atoms with E-state index in [0.717, 1.165) is 12.8 Å². The summed E-state index contributed by atoms with van der Waals surface area (Å²) < 4.78 is 5.58. The molecule has 1 aromatic rings. The number of hydrogen-bond acceptors (Lipinski definition) is 3. The van der Waals surface area contributed by atoms with Gasteiger partial charge in [-0.15, -0.1) is 0 Å². The first-order valence-corrected chi connectivity index (χ1v) is 6.82. The molecule has 18 heavy (non-hydrogen) atoms. The van der Waals surface area contributed by atoms with Crippen LogP contribution in [0.25, 0.3) is 0 Å². The Balaban J connectivity index is 2.09. The van der Waals surface area contributed by atoms with Crippen LogP contribution in [0.4, 0.5) is 0 Å². The standard InChI is InChI=1S/C15H21NO2/c1-11(2)18-14-8-13(9-16-10-14)15(17)12-6-4-3-5-7-12/h8-12H,3-7H2,1-2H3. The van der Waals surface area contributed by atoms with Crippen LogP contribution in [0.3, 0.4) is 0 Å². The summed E-state index contributed by atoms with van der Waals surface area (Å²) in [5.74, 6) is 1.11. The summed E-state index contributed by atoms with van der Waals surface area (Å²) in [7, 11) is 0. The molecule has 0 aliphatic heterocycles. The molecule has 0 saturated heterocycles. The minimum absolute atomic E-state index is 0.104. The van der Waals surface area contributed by atoms with Crippen LogP contribution >= 0.6 is 0 Å². The Morgan fingerprint density at radius 3 is 2.67 bits per heavy atom. The van der Waals surface area contributed by atoms with E-state index in [-0.39, 0.29) is 17.8 Å². The van der Waals surface area contributed by atoms with Gasteiger partial charge in [0.1, 0.15) is 5.75 Å². The smallest absolute Gasteiger partial charge is 0.167 e.